The van der Waals surface area contributed by atoms with Crippen molar-refractivity contribution in [2.75, 3.05) is 0 Å². The molecule has 1 atom stereocenters. The first-order valence-electron chi connectivity index (χ1n) is 6.86. The maximum Gasteiger partial charge on any atom is 0.416 e. The first-order chi connectivity index (χ1) is 10.6. The van der Waals surface area contributed by atoms with Crippen molar-refractivity contribution in [3.05, 3.63) is 65.2 Å². The summed E-state index contributed by atoms with van der Waals surface area (Å²) in [5.74, 6) is 0. The molecule has 0 saturated carbocycles. The molecular formula is C16H16F3NO2S. The van der Waals surface area contributed by atoms with Gasteiger partial charge in [0.25, 0.3) is 0 Å². The Morgan fingerprint density at radius 2 is 1.48 bits per heavy atom. The van der Waals surface area contributed by atoms with Gasteiger partial charge < -0.3 is 0 Å². The van der Waals surface area contributed by atoms with E-state index < -0.39 is 27.8 Å². The average Bonchev–Trinajstić information content (AvgIpc) is 2.46. The summed E-state index contributed by atoms with van der Waals surface area (Å²) >= 11 is 0. The van der Waals surface area contributed by atoms with Crippen molar-refractivity contribution in [1.82, 2.24) is 4.72 Å². The zero-order valence-electron chi connectivity index (χ0n) is 12.6. The van der Waals surface area contributed by atoms with Crippen molar-refractivity contribution in [3.63, 3.8) is 0 Å². The predicted molar refractivity (Wildman–Crippen MR) is 81.4 cm³/mol. The highest BCUT2D eigenvalue weighted by atomic mass is 32.2. The van der Waals surface area contributed by atoms with Gasteiger partial charge in [-0.05, 0) is 43.7 Å². The normalized spacial score (nSPS) is 13.8. The fourth-order valence-corrected chi connectivity index (χ4v) is 3.28. The topological polar surface area (TPSA) is 46.2 Å². The van der Waals surface area contributed by atoms with Crippen LogP contribution in [-0.4, -0.2) is 8.42 Å². The monoisotopic (exact) mass is 343 g/mol. The molecule has 0 heterocycles. The predicted octanol–water partition coefficient (Wildman–Crippen LogP) is 4.05. The first kappa shape index (κ1) is 17.5. The van der Waals surface area contributed by atoms with E-state index in [2.05, 4.69) is 4.72 Å². The standard InChI is InChI=1S/C16H16F3NO2S/c1-11-3-9-15(10-4-11)23(21,22)20-12(2)13-5-7-14(8-6-13)16(17,18)19/h3-10,12,20H,1-2H3. The van der Waals surface area contributed by atoms with Crippen LogP contribution in [0, 0.1) is 6.92 Å². The van der Waals surface area contributed by atoms with Crippen molar-refractivity contribution in [3.8, 4) is 0 Å². The molecule has 0 spiro atoms. The Balaban J connectivity index is 2.18. The van der Waals surface area contributed by atoms with Crippen LogP contribution in [0.5, 0.6) is 0 Å². The molecule has 0 fully saturated rings. The fraction of sp³-hybridized carbons (Fsp3) is 0.250. The molecule has 1 unspecified atom stereocenters. The van der Waals surface area contributed by atoms with Crippen LogP contribution >= 0.6 is 0 Å². The summed E-state index contributed by atoms with van der Waals surface area (Å²) in [5.41, 5.74) is 0.614. The summed E-state index contributed by atoms with van der Waals surface area (Å²) < 4.78 is 64.6. The van der Waals surface area contributed by atoms with E-state index in [1.165, 1.54) is 24.3 Å². The maximum atomic E-state index is 12.5. The zero-order valence-corrected chi connectivity index (χ0v) is 13.4. The summed E-state index contributed by atoms with van der Waals surface area (Å²) in [6, 6.07) is 10.1. The molecule has 2 rings (SSSR count). The molecular weight excluding hydrogens is 327 g/mol. The summed E-state index contributed by atoms with van der Waals surface area (Å²) in [6.07, 6.45) is -4.41. The van der Waals surface area contributed by atoms with Gasteiger partial charge in [0.05, 0.1) is 10.5 Å². The van der Waals surface area contributed by atoms with E-state index in [9.17, 15) is 21.6 Å². The molecule has 0 radical (unpaired) electrons. The minimum absolute atomic E-state index is 0.113. The third kappa shape index (κ3) is 4.33. The minimum Gasteiger partial charge on any atom is -0.207 e. The highest BCUT2D eigenvalue weighted by Gasteiger charge is 2.30. The number of halogens is 3. The van der Waals surface area contributed by atoms with Crippen molar-refractivity contribution >= 4 is 10.0 Å². The summed E-state index contributed by atoms with van der Waals surface area (Å²) in [7, 11) is -3.74. The van der Waals surface area contributed by atoms with Crippen molar-refractivity contribution in [1.29, 1.82) is 0 Å². The van der Waals surface area contributed by atoms with Crippen molar-refractivity contribution < 1.29 is 21.6 Å². The molecule has 124 valence electrons. The van der Waals surface area contributed by atoms with Crippen LogP contribution in [0.15, 0.2) is 53.4 Å². The zero-order chi connectivity index (χ0) is 17.3. The van der Waals surface area contributed by atoms with Crippen LogP contribution in [0.2, 0.25) is 0 Å². The van der Waals surface area contributed by atoms with Crippen LogP contribution in [-0.2, 0) is 16.2 Å². The van der Waals surface area contributed by atoms with Crippen LogP contribution < -0.4 is 4.72 Å². The number of benzene rings is 2. The van der Waals surface area contributed by atoms with Gasteiger partial charge in [0.15, 0.2) is 0 Å². The second-order valence-electron chi connectivity index (χ2n) is 5.28. The second-order valence-corrected chi connectivity index (χ2v) is 6.99. The van der Waals surface area contributed by atoms with Crippen LogP contribution in [0.1, 0.15) is 29.7 Å². The molecule has 1 N–H and O–H groups in total. The largest absolute Gasteiger partial charge is 0.416 e. The number of hydrogen-bond acceptors (Lipinski definition) is 2. The second kappa shape index (κ2) is 6.33. The Hall–Kier alpha value is -1.86. The fourth-order valence-electron chi connectivity index (χ4n) is 2.05. The number of aryl methyl sites for hydroxylation is 1. The average molecular weight is 343 g/mol. The van der Waals surface area contributed by atoms with Crippen LogP contribution in [0.4, 0.5) is 13.2 Å². The summed E-state index contributed by atoms with van der Waals surface area (Å²) in [6.45, 7) is 3.42. The molecule has 2 aromatic rings. The third-order valence-electron chi connectivity index (χ3n) is 3.40. The molecule has 0 aliphatic rings. The van der Waals surface area contributed by atoms with Crippen molar-refractivity contribution in [2.45, 2.75) is 31.0 Å². The lowest BCUT2D eigenvalue weighted by atomic mass is 10.1. The van der Waals surface area contributed by atoms with E-state index in [1.54, 1.807) is 19.1 Å². The molecule has 7 heteroatoms. The van der Waals surface area contributed by atoms with Gasteiger partial charge in [-0.2, -0.15) is 13.2 Å². The molecule has 2 aromatic carbocycles. The maximum absolute atomic E-state index is 12.5. The van der Waals surface area contributed by atoms with Gasteiger partial charge in [0, 0.05) is 6.04 Å². The van der Waals surface area contributed by atoms with Crippen molar-refractivity contribution in [2.24, 2.45) is 0 Å². The lowest BCUT2D eigenvalue weighted by Gasteiger charge is -2.16. The van der Waals surface area contributed by atoms with Gasteiger partial charge in [-0.3, -0.25) is 0 Å². The molecule has 0 amide bonds. The van der Waals surface area contributed by atoms with E-state index in [1.807, 2.05) is 6.92 Å². The number of alkyl halides is 3. The van der Waals surface area contributed by atoms with Gasteiger partial charge in [-0.15, -0.1) is 0 Å². The van der Waals surface area contributed by atoms with E-state index in [-0.39, 0.29) is 4.90 Å². The number of nitrogens with one attached hydrogen (secondary N) is 1. The molecule has 0 aliphatic carbocycles. The molecule has 0 aromatic heterocycles. The number of hydrogen-bond donors (Lipinski definition) is 1. The van der Waals surface area contributed by atoms with Gasteiger partial charge in [-0.1, -0.05) is 29.8 Å². The van der Waals surface area contributed by atoms with Crippen LogP contribution in [0.3, 0.4) is 0 Å². The first-order valence-corrected chi connectivity index (χ1v) is 8.34. The smallest absolute Gasteiger partial charge is 0.207 e. The highest BCUT2D eigenvalue weighted by molar-refractivity contribution is 7.89. The third-order valence-corrected chi connectivity index (χ3v) is 4.96. The molecule has 23 heavy (non-hydrogen) atoms. The van der Waals surface area contributed by atoms with Gasteiger partial charge in [0.2, 0.25) is 10.0 Å². The van der Waals surface area contributed by atoms with Gasteiger partial charge in [-0.25, -0.2) is 13.1 Å². The van der Waals surface area contributed by atoms with E-state index >= 15 is 0 Å². The summed E-state index contributed by atoms with van der Waals surface area (Å²) in [4.78, 5) is 0.113. The molecule has 3 nitrogen and oxygen atoms in total. The molecule has 0 aliphatic heterocycles. The van der Waals surface area contributed by atoms with E-state index in [4.69, 9.17) is 0 Å². The Morgan fingerprint density at radius 1 is 0.957 bits per heavy atom. The Bertz CT molecular complexity index is 766. The number of rotatable bonds is 4. The van der Waals surface area contributed by atoms with E-state index in [0.29, 0.717) is 5.56 Å². The quantitative estimate of drug-likeness (QED) is 0.910. The SMILES string of the molecule is Cc1ccc(S(=O)(=O)NC(C)c2ccc(C(F)(F)F)cc2)cc1. The summed E-state index contributed by atoms with van der Waals surface area (Å²) in [5, 5.41) is 0. The Kier molecular flexibility index (Phi) is 4.81. The Labute approximate surface area is 133 Å². The lowest BCUT2D eigenvalue weighted by Crippen LogP contribution is -2.27. The van der Waals surface area contributed by atoms with Gasteiger partial charge in [0.1, 0.15) is 0 Å². The lowest BCUT2D eigenvalue weighted by molar-refractivity contribution is -0.137. The molecule has 0 bridgehead atoms. The van der Waals surface area contributed by atoms with Gasteiger partial charge >= 0.3 is 6.18 Å². The van der Waals surface area contributed by atoms with Crippen LogP contribution in [0.25, 0.3) is 0 Å². The number of sulfonamides is 1. The van der Waals surface area contributed by atoms with E-state index in [0.717, 1.165) is 17.7 Å². The minimum atomic E-state index is -4.41. The highest BCUT2D eigenvalue weighted by Crippen LogP contribution is 2.30. The Morgan fingerprint density at radius 3 is 1.96 bits per heavy atom. The molecule has 0 saturated heterocycles.